The summed E-state index contributed by atoms with van der Waals surface area (Å²) in [4.78, 5) is 24.7. The summed E-state index contributed by atoms with van der Waals surface area (Å²) < 4.78 is 11.6. The highest BCUT2D eigenvalue weighted by Crippen LogP contribution is 2.36. The fourth-order valence-corrected chi connectivity index (χ4v) is 3.07. The molecule has 0 bridgehead atoms. The molecule has 6 nitrogen and oxygen atoms in total. The van der Waals surface area contributed by atoms with Gasteiger partial charge < -0.3 is 9.47 Å². The molecule has 2 N–H and O–H groups in total. The minimum absolute atomic E-state index is 0.323. The maximum absolute atomic E-state index is 12.4. The van der Waals surface area contributed by atoms with Crippen LogP contribution in [0.5, 0.6) is 11.5 Å². The molecular formula is C20H23BrN2O4. The number of rotatable bonds is 6. The molecule has 0 aromatic heterocycles. The van der Waals surface area contributed by atoms with Crippen LogP contribution in [0.3, 0.4) is 0 Å². The summed E-state index contributed by atoms with van der Waals surface area (Å²) in [5, 5.41) is 0. The van der Waals surface area contributed by atoms with Crippen LogP contribution in [0.15, 0.2) is 34.8 Å². The van der Waals surface area contributed by atoms with E-state index in [1.165, 1.54) is 7.11 Å². The third kappa shape index (κ3) is 5.23. The average molecular weight is 435 g/mol. The molecule has 2 aromatic rings. The number of benzene rings is 2. The Morgan fingerprint density at radius 1 is 1.07 bits per heavy atom. The van der Waals surface area contributed by atoms with E-state index in [1.807, 2.05) is 32.9 Å². The second-order valence-corrected chi connectivity index (χ2v) is 6.92. The molecule has 0 aliphatic rings. The van der Waals surface area contributed by atoms with Crippen molar-refractivity contribution in [2.45, 2.75) is 27.2 Å². The van der Waals surface area contributed by atoms with Crippen LogP contribution in [0, 0.1) is 13.8 Å². The van der Waals surface area contributed by atoms with E-state index >= 15 is 0 Å². The molecule has 0 fully saturated rings. The van der Waals surface area contributed by atoms with Gasteiger partial charge in [0, 0.05) is 11.1 Å². The van der Waals surface area contributed by atoms with Crippen molar-refractivity contribution in [1.82, 2.24) is 10.9 Å². The van der Waals surface area contributed by atoms with E-state index in [0.717, 1.165) is 17.5 Å². The van der Waals surface area contributed by atoms with Crippen LogP contribution in [-0.4, -0.2) is 25.5 Å². The Kier molecular flexibility index (Phi) is 7.24. The molecule has 2 amide bonds. The monoisotopic (exact) mass is 434 g/mol. The number of halogens is 1. The van der Waals surface area contributed by atoms with Crippen LogP contribution in [0.1, 0.15) is 45.2 Å². The van der Waals surface area contributed by atoms with Gasteiger partial charge in [0.2, 0.25) is 0 Å². The van der Waals surface area contributed by atoms with E-state index in [4.69, 9.17) is 9.47 Å². The molecule has 0 radical (unpaired) electrons. The lowest BCUT2D eigenvalue weighted by Gasteiger charge is -2.14. The topological polar surface area (TPSA) is 76.7 Å². The Morgan fingerprint density at radius 2 is 1.78 bits per heavy atom. The Morgan fingerprint density at radius 3 is 2.41 bits per heavy atom. The first-order chi connectivity index (χ1) is 12.9. The molecule has 27 heavy (non-hydrogen) atoms. The summed E-state index contributed by atoms with van der Waals surface area (Å²) in [5.41, 5.74) is 7.59. The molecule has 2 rings (SSSR count). The predicted octanol–water partition coefficient (Wildman–Crippen LogP) is 3.94. The van der Waals surface area contributed by atoms with Gasteiger partial charge in [-0.05, 0) is 60.0 Å². The summed E-state index contributed by atoms with van der Waals surface area (Å²) >= 11 is 3.40. The summed E-state index contributed by atoms with van der Waals surface area (Å²) in [6.07, 6.45) is 0.849. The van der Waals surface area contributed by atoms with Crippen LogP contribution in [-0.2, 0) is 0 Å². The van der Waals surface area contributed by atoms with Gasteiger partial charge in [-0.2, -0.15) is 0 Å². The smallest absolute Gasteiger partial charge is 0.269 e. The standard InChI is InChI=1S/C20H23BrN2O4/c1-5-8-27-18-16(21)10-14(11-17(18)26-4)19(24)22-23-20(25)15-7-6-12(2)9-13(15)3/h6-7,9-11H,5,8H2,1-4H3,(H,22,24)(H,23,25). The van der Waals surface area contributed by atoms with Gasteiger partial charge in [-0.15, -0.1) is 0 Å². The fourth-order valence-electron chi connectivity index (χ4n) is 2.52. The zero-order chi connectivity index (χ0) is 20.0. The highest BCUT2D eigenvalue weighted by molar-refractivity contribution is 9.10. The summed E-state index contributed by atoms with van der Waals surface area (Å²) in [6.45, 7) is 6.34. The number of methoxy groups -OCH3 is 1. The van der Waals surface area contributed by atoms with Crippen molar-refractivity contribution in [2.75, 3.05) is 13.7 Å². The van der Waals surface area contributed by atoms with E-state index < -0.39 is 5.91 Å². The summed E-state index contributed by atoms with van der Waals surface area (Å²) in [7, 11) is 1.50. The SMILES string of the molecule is CCCOc1c(Br)cc(C(=O)NNC(=O)c2ccc(C)cc2C)cc1OC. The lowest BCUT2D eigenvalue weighted by atomic mass is 10.1. The van der Waals surface area contributed by atoms with Gasteiger partial charge in [-0.25, -0.2) is 0 Å². The van der Waals surface area contributed by atoms with Gasteiger partial charge in [0.05, 0.1) is 18.2 Å². The Hall–Kier alpha value is -2.54. The second-order valence-electron chi connectivity index (χ2n) is 6.06. The minimum Gasteiger partial charge on any atom is -0.493 e. The molecule has 2 aromatic carbocycles. The molecule has 0 atom stereocenters. The number of amides is 2. The van der Waals surface area contributed by atoms with Crippen molar-refractivity contribution >= 4 is 27.7 Å². The van der Waals surface area contributed by atoms with E-state index in [9.17, 15) is 9.59 Å². The number of hydrogen-bond donors (Lipinski definition) is 2. The molecule has 0 unspecified atom stereocenters. The average Bonchev–Trinajstić information content (AvgIpc) is 2.64. The fraction of sp³-hybridized carbons (Fsp3) is 0.300. The number of ether oxygens (including phenoxy) is 2. The first-order valence-electron chi connectivity index (χ1n) is 8.55. The number of aryl methyl sites for hydroxylation is 2. The first-order valence-corrected chi connectivity index (χ1v) is 9.35. The quantitative estimate of drug-likeness (QED) is 0.674. The maximum atomic E-state index is 12.4. The molecule has 0 saturated heterocycles. The molecular weight excluding hydrogens is 412 g/mol. The van der Waals surface area contributed by atoms with Crippen molar-refractivity contribution in [3.8, 4) is 11.5 Å². The van der Waals surface area contributed by atoms with Crippen molar-refractivity contribution in [3.05, 3.63) is 57.1 Å². The van der Waals surface area contributed by atoms with Crippen LogP contribution < -0.4 is 20.3 Å². The zero-order valence-corrected chi connectivity index (χ0v) is 17.4. The minimum atomic E-state index is -0.464. The van der Waals surface area contributed by atoms with Crippen molar-refractivity contribution in [2.24, 2.45) is 0 Å². The predicted molar refractivity (Wildman–Crippen MR) is 107 cm³/mol. The molecule has 0 spiro atoms. The van der Waals surface area contributed by atoms with Gasteiger partial charge in [0.25, 0.3) is 11.8 Å². The van der Waals surface area contributed by atoms with Gasteiger partial charge in [0.1, 0.15) is 0 Å². The lowest BCUT2D eigenvalue weighted by Crippen LogP contribution is -2.41. The van der Waals surface area contributed by atoms with Gasteiger partial charge in [-0.1, -0.05) is 24.6 Å². The van der Waals surface area contributed by atoms with E-state index in [1.54, 1.807) is 18.2 Å². The van der Waals surface area contributed by atoms with Crippen molar-refractivity contribution in [1.29, 1.82) is 0 Å². The molecule has 144 valence electrons. The Bertz CT molecular complexity index is 852. The highest BCUT2D eigenvalue weighted by atomic mass is 79.9. The number of nitrogens with one attached hydrogen (secondary N) is 2. The molecule has 0 aliphatic carbocycles. The lowest BCUT2D eigenvalue weighted by molar-refractivity contribution is 0.0846. The Labute approximate surface area is 167 Å². The molecule has 7 heteroatoms. The van der Waals surface area contributed by atoms with Gasteiger partial charge >= 0.3 is 0 Å². The van der Waals surface area contributed by atoms with Gasteiger partial charge in [0.15, 0.2) is 11.5 Å². The molecule has 0 saturated carbocycles. The zero-order valence-electron chi connectivity index (χ0n) is 15.8. The van der Waals surface area contributed by atoms with Crippen LogP contribution >= 0.6 is 15.9 Å². The van der Waals surface area contributed by atoms with E-state index in [-0.39, 0.29) is 5.91 Å². The van der Waals surface area contributed by atoms with Crippen LogP contribution in [0.2, 0.25) is 0 Å². The highest BCUT2D eigenvalue weighted by Gasteiger charge is 2.17. The van der Waals surface area contributed by atoms with E-state index in [0.29, 0.717) is 33.7 Å². The third-order valence-electron chi connectivity index (χ3n) is 3.86. The number of hydrazine groups is 1. The maximum Gasteiger partial charge on any atom is 0.269 e. The van der Waals surface area contributed by atoms with Crippen molar-refractivity contribution in [3.63, 3.8) is 0 Å². The van der Waals surface area contributed by atoms with E-state index in [2.05, 4.69) is 26.8 Å². The van der Waals surface area contributed by atoms with Crippen LogP contribution in [0.4, 0.5) is 0 Å². The van der Waals surface area contributed by atoms with Gasteiger partial charge in [-0.3, -0.25) is 20.4 Å². The molecule has 0 aliphatic heterocycles. The Balaban J connectivity index is 2.11. The summed E-state index contributed by atoms with van der Waals surface area (Å²) in [6, 6.07) is 8.67. The number of carbonyl (C=O) groups is 2. The largest absolute Gasteiger partial charge is 0.493 e. The number of carbonyl (C=O) groups excluding carboxylic acids is 2. The number of hydrogen-bond acceptors (Lipinski definition) is 4. The first kappa shape index (κ1) is 20.8. The normalized spacial score (nSPS) is 10.3. The van der Waals surface area contributed by atoms with Crippen LogP contribution in [0.25, 0.3) is 0 Å². The van der Waals surface area contributed by atoms with Crippen molar-refractivity contribution < 1.29 is 19.1 Å². The third-order valence-corrected chi connectivity index (χ3v) is 4.45. The summed E-state index contributed by atoms with van der Waals surface area (Å²) in [5.74, 6) is 0.128. The second kappa shape index (κ2) is 9.41. The molecule has 0 heterocycles.